The predicted molar refractivity (Wildman–Crippen MR) is 106 cm³/mol. The maximum atomic E-state index is 12.6. The topological polar surface area (TPSA) is 74.2 Å². The lowest BCUT2D eigenvalue weighted by Gasteiger charge is -2.35. The Kier molecular flexibility index (Phi) is 5.18. The van der Waals surface area contributed by atoms with Gasteiger partial charge in [0.05, 0.1) is 24.4 Å². The average molecular weight is 361 g/mol. The fourth-order valence-electron chi connectivity index (χ4n) is 3.44. The van der Waals surface area contributed by atoms with Gasteiger partial charge in [-0.15, -0.1) is 0 Å². The molecule has 0 fully saturated rings. The molecule has 0 bridgehead atoms. The number of carbonyl (C=O) groups excluding carboxylic acids is 1. The van der Waals surface area contributed by atoms with Crippen LogP contribution in [0.15, 0.2) is 54.1 Å². The molecule has 0 aromatic heterocycles. The number of fused-ring (bicyclic) bond motifs is 1. The van der Waals surface area contributed by atoms with Crippen LogP contribution < -0.4 is 15.4 Å². The number of carbonyl (C=O) groups is 1. The summed E-state index contributed by atoms with van der Waals surface area (Å²) in [6, 6.07) is 17.0. The normalized spacial score (nSPS) is 18.3. The number of methoxy groups -OCH3 is 1. The van der Waals surface area contributed by atoms with Crippen LogP contribution in [0.1, 0.15) is 31.4 Å². The number of hydrogen-bond donors (Lipinski definition) is 2. The summed E-state index contributed by atoms with van der Waals surface area (Å²) in [4.78, 5) is 12.6. The van der Waals surface area contributed by atoms with E-state index in [0.717, 1.165) is 29.7 Å². The first-order valence-electron chi connectivity index (χ1n) is 8.96. The van der Waals surface area contributed by atoms with E-state index in [0.29, 0.717) is 17.0 Å². The van der Waals surface area contributed by atoms with Gasteiger partial charge in [-0.1, -0.05) is 38.1 Å². The van der Waals surface area contributed by atoms with Crippen molar-refractivity contribution in [2.45, 2.75) is 26.7 Å². The first-order valence-corrected chi connectivity index (χ1v) is 8.96. The summed E-state index contributed by atoms with van der Waals surface area (Å²) in [6.07, 6.45) is 1.60. The number of urea groups is 1. The fourth-order valence-corrected chi connectivity index (χ4v) is 3.44. The molecule has 0 heterocycles. The number of hydrogen-bond acceptors (Lipinski definition) is 3. The summed E-state index contributed by atoms with van der Waals surface area (Å²) in [6.45, 7) is 4.14. The van der Waals surface area contributed by atoms with Crippen LogP contribution in [0.2, 0.25) is 0 Å². The van der Waals surface area contributed by atoms with Crippen molar-refractivity contribution in [3.63, 3.8) is 0 Å². The monoisotopic (exact) mass is 361 g/mol. The maximum absolute atomic E-state index is 12.6. The van der Waals surface area contributed by atoms with Crippen LogP contribution in [0, 0.1) is 16.7 Å². The van der Waals surface area contributed by atoms with Crippen LogP contribution in [0.3, 0.4) is 0 Å². The minimum absolute atomic E-state index is 0.300. The van der Waals surface area contributed by atoms with Crippen LogP contribution in [-0.2, 0) is 6.42 Å². The Morgan fingerprint density at radius 3 is 2.52 bits per heavy atom. The van der Waals surface area contributed by atoms with E-state index in [4.69, 9.17) is 4.74 Å². The number of nitrogens with zero attached hydrogens (tertiary/aromatic N) is 1. The van der Waals surface area contributed by atoms with Crippen molar-refractivity contribution in [1.29, 1.82) is 5.26 Å². The van der Waals surface area contributed by atoms with Gasteiger partial charge >= 0.3 is 6.03 Å². The highest BCUT2D eigenvalue weighted by atomic mass is 16.5. The van der Waals surface area contributed by atoms with Crippen LogP contribution in [-0.4, -0.2) is 13.1 Å². The lowest BCUT2D eigenvalue weighted by atomic mass is 9.69. The van der Waals surface area contributed by atoms with Gasteiger partial charge in [-0.2, -0.15) is 5.26 Å². The second-order valence-electron chi connectivity index (χ2n) is 6.92. The van der Waals surface area contributed by atoms with Crippen LogP contribution >= 0.6 is 0 Å². The number of anilines is 1. The summed E-state index contributed by atoms with van der Waals surface area (Å²) >= 11 is 0. The third kappa shape index (κ3) is 3.65. The molecule has 0 radical (unpaired) electrons. The van der Waals surface area contributed by atoms with Gasteiger partial charge in [0.2, 0.25) is 0 Å². The third-order valence-corrected chi connectivity index (χ3v) is 5.20. The number of ether oxygens (including phenoxy) is 1. The lowest BCUT2D eigenvalue weighted by Crippen LogP contribution is -2.35. The van der Waals surface area contributed by atoms with E-state index in [2.05, 4.69) is 36.6 Å². The quantitative estimate of drug-likeness (QED) is 0.827. The van der Waals surface area contributed by atoms with Gasteiger partial charge in [0, 0.05) is 16.7 Å². The Morgan fingerprint density at radius 2 is 1.89 bits per heavy atom. The summed E-state index contributed by atoms with van der Waals surface area (Å²) < 4.78 is 5.13. The van der Waals surface area contributed by atoms with Gasteiger partial charge in [-0.05, 0) is 42.7 Å². The highest BCUT2D eigenvalue weighted by Gasteiger charge is 2.36. The van der Waals surface area contributed by atoms with Gasteiger partial charge in [0.15, 0.2) is 0 Å². The molecule has 138 valence electrons. The van der Waals surface area contributed by atoms with E-state index in [9.17, 15) is 10.1 Å². The molecule has 27 heavy (non-hydrogen) atoms. The van der Waals surface area contributed by atoms with E-state index in [1.807, 2.05) is 18.2 Å². The molecule has 0 spiro atoms. The molecule has 5 nitrogen and oxygen atoms in total. The van der Waals surface area contributed by atoms with Gasteiger partial charge in [-0.3, -0.25) is 0 Å². The van der Waals surface area contributed by atoms with Crippen molar-refractivity contribution < 1.29 is 9.53 Å². The van der Waals surface area contributed by atoms with Crippen molar-refractivity contribution in [3.8, 4) is 11.8 Å². The van der Waals surface area contributed by atoms with Crippen molar-refractivity contribution in [2.75, 3.05) is 12.4 Å². The summed E-state index contributed by atoms with van der Waals surface area (Å²) in [7, 11) is 1.59. The Hall–Kier alpha value is -3.26. The zero-order valence-corrected chi connectivity index (χ0v) is 15.8. The zero-order valence-electron chi connectivity index (χ0n) is 15.8. The molecule has 3 rings (SSSR count). The van der Waals surface area contributed by atoms with Gasteiger partial charge in [-0.25, -0.2) is 4.79 Å². The highest BCUT2D eigenvalue weighted by molar-refractivity contribution is 5.97. The molecular weight excluding hydrogens is 338 g/mol. The minimum atomic E-state index is -0.377. The van der Waals surface area contributed by atoms with E-state index < -0.39 is 0 Å². The number of benzene rings is 2. The molecule has 0 saturated carbocycles. The van der Waals surface area contributed by atoms with Crippen molar-refractivity contribution in [1.82, 2.24) is 5.32 Å². The lowest BCUT2D eigenvalue weighted by molar-refractivity contribution is 0.255. The molecule has 2 aromatic carbocycles. The molecule has 1 aliphatic rings. The van der Waals surface area contributed by atoms with E-state index >= 15 is 0 Å². The van der Waals surface area contributed by atoms with Crippen molar-refractivity contribution in [3.05, 3.63) is 65.2 Å². The first-order chi connectivity index (χ1) is 13.0. The molecule has 0 saturated heterocycles. The van der Waals surface area contributed by atoms with Crippen LogP contribution in [0.25, 0.3) is 5.70 Å². The number of amides is 2. The van der Waals surface area contributed by atoms with Crippen LogP contribution in [0.4, 0.5) is 10.5 Å². The zero-order chi connectivity index (χ0) is 19.4. The Balaban J connectivity index is 1.91. The number of nitrogens with one attached hydrogen (secondary N) is 2. The predicted octanol–water partition coefficient (Wildman–Crippen LogP) is 4.72. The second kappa shape index (κ2) is 7.55. The Bertz CT molecular complexity index is 925. The fraction of sp³-hybridized carbons (Fsp3) is 0.273. The molecule has 0 aliphatic heterocycles. The van der Waals surface area contributed by atoms with E-state index in [-0.39, 0.29) is 11.4 Å². The summed E-state index contributed by atoms with van der Waals surface area (Å²) in [5.41, 5.74) is 3.61. The van der Waals surface area contributed by atoms with E-state index in [1.165, 1.54) is 0 Å². The van der Waals surface area contributed by atoms with Gasteiger partial charge in [0.1, 0.15) is 5.75 Å². The third-order valence-electron chi connectivity index (χ3n) is 5.20. The standard InChI is InChI=1S/C22H23N3O2/c1-4-22(2)13-15-7-5-6-8-18(15)20(19(22)14-23)25-21(26)24-16-9-11-17(27-3)12-10-16/h5-12H,4,13H2,1-3H3,(H2,24,25,26)/t22-/m0/s1. The summed E-state index contributed by atoms with van der Waals surface area (Å²) in [5, 5.41) is 15.6. The smallest absolute Gasteiger partial charge is 0.323 e. The molecule has 2 amide bonds. The molecule has 1 atom stereocenters. The number of allylic oxidation sites excluding steroid dienone is 1. The minimum Gasteiger partial charge on any atom is -0.497 e. The summed E-state index contributed by atoms with van der Waals surface area (Å²) in [5.74, 6) is 0.718. The number of nitriles is 1. The van der Waals surface area contributed by atoms with Gasteiger partial charge < -0.3 is 15.4 Å². The molecular formula is C22H23N3O2. The molecule has 5 heteroatoms. The molecule has 1 aliphatic carbocycles. The first kappa shape index (κ1) is 18.5. The largest absolute Gasteiger partial charge is 0.497 e. The second-order valence-corrected chi connectivity index (χ2v) is 6.92. The van der Waals surface area contributed by atoms with Crippen molar-refractivity contribution in [2.24, 2.45) is 5.41 Å². The SMILES string of the molecule is CC[C@@]1(C)Cc2ccccc2C(NC(=O)Nc2ccc(OC)cc2)=C1C#N. The highest BCUT2D eigenvalue weighted by Crippen LogP contribution is 2.43. The van der Waals surface area contributed by atoms with Gasteiger partial charge in [0.25, 0.3) is 0 Å². The van der Waals surface area contributed by atoms with E-state index in [1.54, 1.807) is 31.4 Å². The Morgan fingerprint density at radius 1 is 1.19 bits per heavy atom. The average Bonchev–Trinajstić information content (AvgIpc) is 2.68. The maximum Gasteiger partial charge on any atom is 0.323 e. The number of rotatable bonds is 4. The molecule has 0 unspecified atom stereocenters. The van der Waals surface area contributed by atoms with Crippen LogP contribution in [0.5, 0.6) is 5.75 Å². The molecule has 2 N–H and O–H groups in total. The molecule has 2 aromatic rings. The Labute approximate surface area is 159 Å². The van der Waals surface area contributed by atoms with Crippen molar-refractivity contribution >= 4 is 17.4 Å².